The number of nitro benzene ring substituents is 2. The number of carbonyl (C=O) groups is 5. The molecule has 4 aliphatic rings. The summed E-state index contributed by atoms with van der Waals surface area (Å²) in [4.78, 5) is 86.1. The van der Waals surface area contributed by atoms with Crippen molar-refractivity contribution in [3.8, 4) is 0 Å². The van der Waals surface area contributed by atoms with Gasteiger partial charge in [-0.3, -0.25) is 34.6 Å². The Kier molecular flexibility index (Phi) is 28.2. The number of hydrogen-bond donors (Lipinski definition) is 7. The van der Waals surface area contributed by atoms with E-state index in [0.717, 1.165) is 12.1 Å². The molecule has 3 saturated heterocycles. The van der Waals surface area contributed by atoms with Crippen LogP contribution < -0.4 is 10.6 Å². The number of hydrogen-bond acceptors (Lipinski definition) is 24. The molecule has 0 aromatic heterocycles. The van der Waals surface area contributed by atoms with Crippen molar-refractivity contribution in [2.75, 3.05) is 40.7 Å². The van der Waals surface area contributed by atoms with E-state index in [1.807, 2.05) is 25.9 Å². The normalized spacial score (nSPS) is 32.9. The number of methoxy groups -OCH3 is 3. The molecule has 7 N–H and O–H groups in total. The van der Waals surface area contributed by atoms with Crippen LogP contribution in [0.3, 0.4) is 0 Å². The highest BCUT2D eigenvalue weighted by Crippen LogP contribution is 2.45. The van der Waals surface area contributed by atoms with Crippen LogP contribution in [0.2, 0.25) is 0 Å². The Morgan fingerprint density at radius 1 is 0.821 bits per heavy atom. The molecule has 0 bridgehead atoms. The lowest BCUT2D eigenvalue weighted by Crippen LogP contribution is -2.61. The Labute approximate surface area is 551 Å². The van der Waals surface area contributed by atoms with Gasteiger partial charge >= 0.3 is 24.1 Å². The maximum Gasteiger partial charge on any atom is 0.423 e. The molecule has 30 heteroatoms. The molecule has 4 aliphatic heterocycles. The smallest absolute Gasteiger partial charge is 0.423 e. The van der Waals surface area contributed by atoms with E-state index >= 15 is 0 Å². The van der Waals surface area contributed by atoms with Crippen molar-refractivity contribution in [2.45, 2.75) is 219 Å². The lowest BCUT2D eigenvalue weighted by Gasteiger charge is -2.49. The molecule has 27 nitrogen and oxygen atoms in total. The molecule has 0 radical (unpaired) electrons. The number of nitrogens with one attached hydrogen (secondary N) is 2. The number of benzene rings is 2. The lowest BCUT2D eigenvalue weighted by atomic mass is 9.74. The number of Topliss-reactive ketones (excluding diaryl/α,β-unsaturated/α-hetero) is 1. The molecule has 2 aromatic carbocycles. The molecule has 534 valence electrons. The average Bonchev–Trinajstić information content (AvgIpc) is 0.773. The Bertz CT molecular complexity index is 3080. The van der Waals surface area contributed by atoms with E-state index in [2.05, 4.69) is 10.6 Å². The van der Waals surface area contributed by atoms with E-state index in [4.69, 9.17) is 37.9 Å². The number of ether oxygens (including phenoxy) is 8. The van der Waals surface area contributed by atoms with Gasteiger partial charge in [0.25, 0.3) is 11.4 Å². The Morgan fingerprint density at radius 2 is 1.38 bits per heavy atom. The predicted molar refractivity (Wildman–Crippen MR) is 336 cm³/mol. The second-order valence-electron chi connectivity index (χ2n) is 26.0. The van der Waals surface area contributed by atoms with Gasteiger partial charge in [0.1, 0.15) is 35.3 Å². The van der Waals surface area contributed by atoms with Gasteiger partial charge in [0, 0.05) is 78.0 Å². The summed E-state index contributed by atoms with van der Waals surface area (Å²) in [6, 6.07) is 7.98. The van der Waals surface area contributed by atoms with Crippen LogP contribution >= 0.6 is 0 Å². The minimum atomic E-state index is -4.86. The van der Waals surface area contributed by atoms with Gasteiger partial charge < -0.3 is 79.0 Å². The maximum atomic E-state index is 14.1. The number of nitrogens with zero attached hydrogens (tertiary/aromatic N) is 3. The quantitative estimate of drug-likeness (QED) is 0.0426. The number of cyclic esters (lactones) is 1. The van der Waals surface area contributed by atoms with Gasteiger partial charge in [-0.1, -0.05) is 59.7 Å². The summed E-state index contributed by atoms with van der Waals surface area (Å²) in [7, 11) is 7.60. The van der Waals surface area contributed by atoms with Crippen molar-refractivity contribution in [1.29, 1.82) is 0 Å². The number of rotatable bonds is 14. The fourth-order valence-electron chi connectivity index (χ4n) is 12.7. The molecule has 0 saturated carbocycles. The van der Waals surface area contributed by atoms with Crippen molar-refractivity contribution in [2.24, 2.45) is 29.6 Å². The number of anilines is 1. The summed E-state index contributed by atoms with van der Waals surface area (Å²) in [5.41, 5.74) is -6.21. The molecular weight excluding hydrogens is 1260 g/mol. The number of carbonyl (C=O) groups excluding carboxylic acids is 5. The molecule has 2 aromatic rings. The van der Waals surface area contributed by atoms with Gasteiger partial charge in [-0.2, -0.15) is 13.2 Å². The van der Waals surface area contributed by atoms with Gasteiger partial charge in [0.2, 0.25) is 5.91 Å². The zero-order chi connectivity index (χ0) is 72.5. The summed E-state index contributed by atoms with van der Waals surface area (Å²) >= 11 is 0. The number of allylic oxidation sites excluding steroid dienone is 2. The topological polar surface area (TPSA) is 374 Å². The van der Waals surface area contributed by atoms with Crippen molar-refractivity contribution in [3.63, 3.8) is 0 Å². The first-order valence-corrected chi connectivity index (χ1v) is 31.2. The number of para-hydroxylation sites is 1. The largest absolute Gasteiger partial charge is 0.466 e. The number of likely N-dealkylation sites (N-methyl/N-ethyl adjacent to an activating group) is 1. The van der Waals surface area contributed by atoms with Crippen LogP contribution in [0.5, 0.6) is 0 Å². The third-order valence-corrected chi connectivity index (χ3v) is 18.1. The van der Waals surface area contributed by atoms with Crippen molar-refractivity contribution in [1.82, 2.24) is 10.2 Å². The van der Waals surface area contributed by atoms with Gasteiger partial charge in [0.15, 0.2) is 12.6 Å². The number of aliphatic hydroxyl groups is 5. The average molecular weight is 1360 g/mol. The summed E-state index contributed by atoms with van der Waals surface area (Å²) in [5, 5.41) is 84.8. The summed E-state index contributed by atoms with van der Waals surface area (Å²) in [6.45, 7) is 22.8. The molecule has 4 heterocycles. The Balaban J connectivity index is 0.000000358. The fourth-order valence-corrected chi connectivity index (χ4v) is 12.7. The van der Waals surface area contributed by atoms with E-state index in [-0.39, 0.29) is 59.5 Å². The molecule has 0 aliphatic carbocycles. The van der Waals surface area contributed by atoms with Crippen LogP contribution in [0.4, 0.5) is 30.2 Å². The molecule has 95 heavy (non-hydrogen) atoms. The SMILES string of the molecule is CC(C)C(=O)Nc1ccc([N+](=O)[O-])c(C(F)(F)F)c1.CC[C@H]1OC(=O)[C@H](C)[C@@H](O[C@H]2C[C@@](C)(OC)[C@@H](O)[C@H](C)O2)[C@H](C)[C@@H](O[C@@H]2O[C@H](C)C[C@H](N(C)C)[C@H]2O)[C@](C)(O)C[C@@H](C)C(=O)[C@H](C)[C@@H](O)[C@]1(C)O.COC(=O)C1=C(C)NC(C)=C(C(=O)OC)C1c1ccccc1[N+](=O)[O-]. The number of aliphatic hydroxyl groups excluding tert-OH is 3. The second kappa shape index (κ2) is 33.1. The third-order valence-electron chi connectivity index (χ3n) is 18.1. The lowest BCUT2D eigenvalue weighted by molar-refractivity contribution is -0.388. The maximum absolute atomic E-state index is 14.1. The Hall–Kier alpha value is -6.58. The molecule has 3 fully saturated rings. The van der Waals surface area contributed by atoms with Gasteiger partial charge in [0.05, 0.1) is 88.8 Å². The van der Waals surface area contributed by atoms with Gasteiger partial charge in [-0.05, 0) is 101 Å². The number of halogens is 3. The van der Waals surface area contributed by atoms with Crippen LogP contribution in [-0.4, -0.2) is 190 Å². The number of esters is 3. The second-order valence-corrected chi connectivity index (χ2v) is 26.0. The number of nitro groups is 2. The Morgan fingerprint density at radius 3 is 1.87 bits per heavy atom. The first-order valence-electron chi connectivity index (χ1n) is 31.2. The zero-order valence-corrected chi connectivity index (χ0v) is 57.3. The van der Waals surface area contributed by atoms with E-state index in [0.29, 0.717) is 23.9 Å². The van der Waals surface area contributed by atoms with E-state index in [1.54, 1.807) is 75.3 Å². The number of amides is 1. The highest BCUT2D eigenvalue weighted by atomic mass is 19.4. The molecule has 0 unspecified atom stereocenters. The summed E-state index contributed by atoms with van der Waals surface area (Å²) < 4.78 is 84.7. The minimum Gasteiger partial charge on any atom is -0.466 e. The summed E-state index contributed by atoms with van der Waals surface area (Å²) in [5.74, 6) is -8.19. The van der Waals surface area contributed by atoms with E-state index < -0.39 is 164 Å². The number of alkyl halides is 3. The predicted octanol–water partition coefficient (Wildman–Crippen LogP) is 7.17. The molecule has 0 spiro atoms. The number of ketones is 1. The van der Waals surface area contributed by atoms with Gasteiger partial charge in [-0.15, -0.1) is 0 Å². The standard InChI is InChI=1S/C37H67NO13.C17H18N2O6.C11H11F3N2O3/c1-14-25-37(10,45)30(41)20(4)27(39)18(2)16-35(8,44)32(51-34-28(40)24(38(11)12)15-19(3)47-34)21(5)29(22(6)33(43)49-25)50-26-17-36(9,46-13)31(42)23(7)48-26;1-9-13(16(20)24-3)15(14(10(2)18-9)17(21)25-4)11-7-5-6-8-12(11)19(22)23;1-6(2)10(17)15-7-3-4-9(16(18)19)8(5-7)11(12,13)14/h18-26,28-32,34,40-42,44-45H,14-17H2,1-13H3;5-8,15,18H,1-4H3;3-6H,1-2H3,(H,15,17)/t18-,19-,20+,21+,22-,23+,24+,25-,26+,28-,29+,30-,31+,32-,34+,35-,36-,37-;;/m1../s1. The van der Waals surface area contributed by atoms with E-state index in [9.17, 15) is 82.9 Å². The van der Waals surface area contributed by atoms with Gasteiger partial charge in [-0.25, -0.2) is 9.59 Å². The van der Waals surface area contributed by atoms with Crippen LogP contribution in [0.1, 0.15) is 140 Å². The highest BCUT2D eigenvalue weighted by Gasteiger charge is 2.54. The molecule has 1 amide bonds. The third kappa shape index (κ3) is 19.2. The van der Waals surface area contributed by atoms with Crippen LogP contribution in [-0.2, 0) is 68.0 Å². The van der Waals surface area contributed by atoms with E-state index in [1.165, 1.54) is 60.3 Å². The zero-order valence-electron chi connectivity index (χ0n) is 57.3. The minimum absolute atomic E-state index is 0.0936. The summed E-state index contributed by atoms with van der Waals surface area (Å²) in [6.07, 6.45) is -14.6. The molecule has 6 rings (SSSR count). The van der Waals surface area contributed by atoms with Crippen LogP contribution in [0.25, 0.3) is 0 Å². The highest BCUT2D eigenvalue weighted by molar-refractivity contribution is 6.00. The van der Waals surface area contributed by atoms with Crippen LogP contribution in [0.15, 0.2) is 65.0 Å². The number of dihydropyridines is 1. The first-order chi connectivity index (χ1) is 43.9. The molecule has 18 atom stereocenters. The monoisotopic (exact) mass is 1360 g/mol. The van der Waals surface area contributed by atoms with Crippen LogP contribution in [0, 0.1) is 49.8 Å². The fraction of sp³-hybridized carbons (Fsp3) is 0.677. The van der Waals surface area contributed by atoms with Crippen molar-refractivity contribution < 1.29 is 110 Å². The molecular formula is C65H96F3N5O22. The van der Waals surface area contributed by atoms with Crippen molar-refractivity contribution >= 4 is 46.7 Å². The first kappa shape index (κ1) is 80.9. The van der Waals surface area contributed by atoms with Crippen molar-refractivity contribution in [3.05, 3.63) is 96.4 Å².